The van der Waals surface area contributed by atoms with E-state index in [4.69, 9.17) is 12.2 Å². The zero-order valence-electron chi connectivity index (χ0n) is 13.9. The summed E-state index contributed by atoms with van der Waals surface area (Å²) in [6, 6.07) is 6.52. The SMILES string of the molecule is C=CC(C)(C)CN1Cc2c(C#N)ccc3[nH]c(=S)n(c23)C[C@@H]1C. The number of imidazole rings is 1. The molecule has 0 bridgehead atoms. The smallest absolute Gasteiger partial charge is 0.178 e. The molecular weight excluding hydrogens is 304 g/mol. The molecule has 0 unspecified atom stereocenters. The van der Waals surface area contributed by atoms with Crippen molar-refractivity contribution in [2.75, 3.05) is 6.54 Å². The number of nitriles is 1. The van der Waals surface area contributed by atoms with Gasteiger partial charge < -0.3 is 9.55 Å². The summed E-state index contributed by atoms with van der Waals surface area (Å²) in [5.41, 5.74) is 3.93. The summed E-state index contributed by atoms with van der Waals surface area (Å²) in [6.45, 7) is 13.0. The molecular formula is C18H22N4S. The fourth-order valence-electron chi connectivity index (χ4n) is 3.31. The number of nitrogens with one attached hydrogen (secondary N) is 1. The number of H-pyrrole nitrogens is 1. The lowest BCUT2D eigenvalue weighted by molar-refractivity contribution is 0.144. The predicted octanol–water partition coefficient (Wildman–Crippen LogP) is 3.99. The van der Waals surface area contributed by atoms with E-state index in [1.54, 1.807) is 0 Å². The van der Waals surface area contributed by atoms with E-state index in [9.17, 15) is 5.26 Å². The van der Waals surface area contributed by atoms with Crippen LogP contribution in [0, 0.1) is 21.5 Å². The molecule has 0 spiro atoms. The van der Waals surface area contributed by atoms with Crippen LogP contribution in [-0.2, 0) is 13.1 Å². The highest BCUT2D eigenvalue weighted by Crippen LogP contribution is 2.30. The van der Waals surface area contributed by atoms with E-state index in [0.29, 0.717) is 6.04 Å². The molecule has 1 aliphatic rings. The van der Waals surface area contributed by atoms with Gasteiger partial charge in [0.15, 0.2) is 4.77 Å². The van der Waals surface area contributed by atoms with Crippen LogP contribution >= 0.6 is 12.2 Å². The second-order valence-corrected chi connectivity index (χ2v) is 7.47. The molecule has 120 valence electrons. The Bertz CT molecular complexity index is 865. The Balaban J connectivity index is 2.15. The monoisotopic (exact) mass is 326 g/mol. The minimum Gasteiger partial charge on any atom is -0.331 e. The van der Waals surface area contributed by atoms with Crippen molar-refractivity contribution in [3.8, 4) is 6.07 Å². The maximum absolute atomic E-state index is 9.52. The minimum atomic E-state index is 0.0247. The van der Waals surface area contributed by atoms with Gasteiger partial charge in [-0.25, -0.2) is 0 Å². The third-order valence-electron chi connectivity index (χ3n) is 4.75. The van der Waals surface area contributed by atoms with Gasteiger partial charge in [0.05, 0.1) is 22.7 Å². The lowest BCUT2D eigenvalue weighted by Gasteiger charge is -2.34. The van der Waals surface area contributed by atoms with Crippen molar-refractivity contribution in [3.63, 3.8) is 0 Å². The normalized spacial score (nSPS) is 18.6. The van der Waals surface area contributed by atoms with Crippen LogP contribution in [0.5, 0.6) is 0 Å². The lowest BCUT2D eigenvalue weighted by Crippen LogP contribution is -2.40. The Morgan fingerprint density at radius 3 is 2.91 bits per heavy atom. The van der Waals surface area contributed by atoms with Gasteiger partial charge in [-0.05, 0) is 36.7 Å². The molecule has 0 radical (unpaired) electrons. The first kappa shape index (κ1) is 16.0. The van der Waals surface area contributed by atoms with Crippen molar-refractivity contribution >= 4 is 23.3 Å². The summed E-state index contributed by atoms with van der Waals surface area (Å²) in [5.74, 6) is 0. The van der Waals surface area contributed by atoms with Crippen molar-refractivity contribution in [1.29, 1.82) is 5.26 Å². The fraction of sp³-hybridized carbons (Fsp3) is 0.444. The Labute approximate surface area is 142 Å². The quantitative estimate of drug-likeness (QED) is 0.685. The Morgan fingerprint density at radius 1 is 1.52 bits per heavy atom. The number of benzene rings is 1. The molecule has 1 aromatic heterocycles. The molecule has 0 fully saturated rings. The summed E-state index contributed by atoms with van der Waals surface area (Å²) in [7, 11) is 0. The molecule has 0 saturated carbocycles. The first-order chi connectivity index (χ1) is 10.9. The highest BCUT2D eigenvalue weighted by molar-refractivity contribution is 7.71. The Kier molecular flexibility index (Phi) is 3.91. The van der Waals surface area contributed by atoms with Gasteiger partial charge in [-0.3, -0.25) is 4.90 Å². The van der Waals surface area contributed by atoms with Gasteiger partial charge in [-0.15, -0.1) is 6.58 Å². The average Bonchev–Trinajstić information content (AvgIpc) is 2.74. The molecule has 0 saturated heterocycles. The second kappa shape index (κ2) is 5.63. The van der Waals surface area contributed by atoms with Gasteiger partial charge >= 0.3 is 0 Å². The van der Waals surface area contributed by atoms with E-state index < -0.39 is 0 Å². The molecule has 4 nitrogen and oxygen atoms in total. The largest absolute Gasteiger partial charge is 0.331 e. The van der Waals surface area contributed by atoms with Gasteiger partial charge in [-0.1, -0.05) is 19.9 Å². The van der Waals surface area contributed by atoms with Gasteiger partial charge in [0.25, 0.3) is 0 Å². The number of hydrogen-bond acceptors (Lipinski definition) is 3. The van der Waals surface area contributed by atoms with Crippen LogP contribution in [0.25, 0.3) is 11.0 Å². The van der Waals surface area contributed by atoms with Crippen LogP contribution in [-0.4, -0.2) is 27.0 Å². The molecule has 2 heterocycles. The first-order valence-electron chi connectivity index (χ1n) is 7.88. The van der Waals surface area contributed by atoms with Crippen LogP contribution in [0.4, 0.5) is 0 Å². The van der Waals surface area contributed by atoms with Crippen molar-refractivity contribution < 1.29 is 0 Å². The summed E-state index contributed by atoms with van der Waals surface area (Å²) in [6.07, 6.45) is 2.00. The number of hydrogen-bond donors (Lipinski definition) is 1. The molecule has 1 aliphatic heterocycles. The number of aromatic amines is 1. The van der Waals surface area contributed by atoms with Crippen molar-refractivity contribution in [2.24, 2.45) is 5.41 Å². The van der Waals surface area contributed by atoms with E-state index in [1.807, 2.05) is 18.2 Å². The van der Waals surface area contributed by atoms with Crippen molar-refractivity contribution in [3.05, 3.63) is 40.7 Å². The van der Waals surface area contributed by atoms with Gasteiger partial charge in [0.1, 0.15) is 0 Å². The number of rotatable bonds is 3. The highest BCUT2D eigenvalue weighted by atomic mass is 32.1. The molecule has 1 atom stereocenters. The average molecular weight is 326 g/mol. The molecule has 0 amide bonds. The predicted molar refractivity (Wildman–Crippen MR) is 95.7 cm³/mol. The Hall–Kier alpha value is -1.90. The number of nitrogens with zero attached hydrogens (tertiary/aromatic N) is 3. The van der Waals surface area contributed by atoms with Crippen LogP contribution in [0.2, 0.25) is 0 Å². The minimum absolute atomic E-state index is 0.0247. The Morgan fingerprint density at radius 2 is 2.26 bits per heavy atom. The van der Waals surface area contributed by atoms with Gasteiger partial charge in [0, 0.05) is 31.2 Å². The van der Waals surface area contributed by atoms with E-state index in [0.717, 1.165) is 46.6 Å². The summed E-state index contributed by atoms with van der Waals surface area (Å²) >= 11 is 5.50. The van der Waals surface area contributed by atoms with E-state index in [2.05, 4.69) is 47.9 Å². The standard InChI is InChI=1S/C18H22N4S/c1-5-18(3,4)11-21-10-14-13(8-19)6-7-15-16(14)22(9-12(21)2)17(23)20-15/h5-7,12H,1,9-11H2,2-4H3,(H,20,23)/t12-/m0/s1. The summed E-state index contributed by atoms with van der Waals surface area (Å²) < 4.78 is 2.87. The van der Waals surface area contributed by atoms with E-state index in [-0.39, 0.29) is 5.41 Å². The first-order valence-corrected chi connectivity index (χ1v) is 8.29. The third-order valence-corrected chi connectivity index (χ3v) is 5.08. The molecule has 0 aliphatic carbocycles. The molecule has 2 aromatic rings. The van der Waals surface area contributed by atoms with E-state index in [1.165, 1.54) is 0 Å². The maximum atomic E-state index is 9.52. The van der Waals surface area contributed by atoms with Crippen LogP contribution < -0.4 is 0 Å². The second-order valence-electron chi connectivity index (χ2n) is 7.09. The third kappa shape index (κ3) is 2.73. The number of aromatic nitrogens is 2. The summed E-state index contributed by atoms with van der Waals surface area (Å²) in [5, 5.41) is 9.52. The molecule has 23 heavy (non-hydrogen) atoms. The van der Waals surface area contributed by atoms with Crippen molar-refractivity contribution in [2.45, 2.75) is 39.9 Å². The maximum Gasteiger partial charge on any atom is 0.178 e. The molecule has 1 N–H and O–H groups in total. The van der Waals surface area contributed by atoms with Gasteiger partial charge in [0.2, 0.25) is 0 Å². The molecule has 1 aromatic carbocycles. The van der Waals surface area contributed by atoms with Crippen LogP contribution in [0.1, 0.15) is 31.9 Å². The van der Waals surface area contributed by atoms with Crippen LogP contribution in [0.3, 0.4) is 0 Å². The van der Waals surface area contributed by atoms with Crippen LogP contribution in [0.15, 0.2) is 24.8 Å². The van der Waals surface area contributed by atoms with E-state index >= 15 is 0 Å². The molecule has 3 rings (SSSR count). The topological polar surface area (TPSA) is 47.8 Å². The zero-order chi connectivity index (χ0) is 16.8. The van der Waals surface area contributed by atoms with Crippen molar-refractivity contribution in [1.82, 2.24) is 14.5 Å². The van der Waals surface area contributed by atoms with Gasteiger partial charge in [-0.2, -0.15) is 5.26 Å². The highest BCUT2D eigenvalue weighted by Gasteiger charge is 2.28. The summed E-state index contributed by atoms with van der Waals surface area (Å²) in [4.78, 5) is 5.70. The fourth-order valence-corrected chi connectivity index (χ4v) is 3.58. The lowest BCUT2D eigenvalue weighted by atomic mass is 9.92. The zero-order valence-corrected chi connectivity index (χ0v) is 14.7. The molecule has 5 heteroatoms.